The first-order chi connectivity index (χ1) is 21.1. The highest BCUT2D eigenvalue weighted by atomic mass is 16.1. The maximum atomic E-state index is 13.3. The monoisotopic (exact) mass is 586 g/mol. The van der Waals surface area contributed by atoms with Crippen molar-refractivity contribution in [2.75, 3.05) is 16.8 Å². The van der Waals surface area contributed by atoms with Crippen molar-refractivity contribution in [1.82, 2.24) is 19.7 Å². The number of nitrogens with zero attached hydrogens (tertiary/aromatic N) is 5. The van der Waals surface area contributed by atoms with Crippen molar-refractivity contribution in [1.29, 1.82) is 0 Å². The molecule has 1 saturated heterocycles. The van der Waals surface area contributed by atoms with E-state index in [1.807, 2.05) is 62.1 Å². The van der Waals surface area contributed by atoms with Gasteiger partial charge in [-0.3, -0.25) is 14.3 Å². The molecule has 3 heterocycles. The lowest BCUT2D eigenvalue weighted by Gasteiger charge is -2.26. The van der Waals surface area contributed by atoms with Crippen LogP contribution in [0.5, 0.6) is 0 Å². The lowest BCUT2D eigenvalue weighted by molar-refractivity contribution is -0.119. The van der Waals surface area contributed by atoms with Crippen LogP contribution in [0.3, 0.4) is 0 Å². The van der Waals surface area contributed by atoms with Crippen LogP contribution in [0.15, 0.2) is 66.9 Å². The third kappa shape index (κ3) is 5.48. The molecule has 5 aromatic rings. The number of hydrogen-bond donors (Lipinski definition) is 1. The molecule has 0 radical (unpaired) electrons. The number of fused-ring (bicyclic) bond motifs is 1. The molecule has 2 aromatic heterocycles. The second kappa shape index (κ2) is 11.7. The number of rotatable bonds is 7. The van der Waals surface area contributed by atoms with Crippen molar-refractivity contribution in [3.8, 4) is 22.4 Å². The van der Waals surface area contributed by atoms with Crippen LogP contribution in [-0.2, 0) is 16.6 Å². The Balaban J connectivity index is 1.19. The van der Waals surface area contributed by atoms with Gasteiger partial charge in [0.2, 0.25) is 5.91 Å². The number of carbonyl (C=O) groups excluding carboxylic acids is 2. The Morgan fingerprint density at radius 2 is 1.68 bits per heavy atom. The Labute approximate surface area is 258 Å². The SMILES string of the molecule is CC(=O)[C@@H]1C[C@H](CC(=O)Nc2ccc(-c3cccc4c3cnn4C)c(C)c2)CN1c1nc(C)nc(-c2ccccc2C)c1C. The minimum Gasteiger partial charge on any atom is -0.346 e. The number of ketones is 1. The van der Waals surface area contributed by atoms with Crippen LogP contribution in [0.2, 0.25) is 0 Å². The maximum Gasteiger partial charge on any atom is 0.224 e. The molecular formula is C36H38N6O2. The first kappa shape index (κ1) is 29.2. The van der Waals surface area contributed by atoms with Crippen molar-refractivity contribution in [3.63, 3.8) is 0 Å². The van der Waals surface area contributed by atoms with Gasteiger partial charge in [-0.1, -0.05) is 42.5 Å². The van der Waals surface area contributed by atoms with E-state index in [0.717, 1.165) is 61.5 Å². The van der Waals surface area contributed by atoms with E-state index in [1.54, 1.807) is 6.92 Å². The Bertz CT molecular complexity index is 1910. The normalized spacial score (nSPS) is 16.5. The Kier molecular flexibility index (Phi) is 7.76. The largest absolute Gasteiger partial charge is 0.346 e. The van der Waals surface area contributed by atoms with Crippen LogP contribution in [0.1, 0.15) is 42.3 Å². The van der Waals surface area contributed by atoms with E-state index in [1.165, 1.54) is 0 Å². The molecule has 8 nitrogen and oxygen atoms in total. The molecule has 0 unspecified atom stereocenters. The smallest absolute Gasteiger partial charge is 0.224 e. The number of anilines is 2. The summed E-state index contributed by atoms with van der Waals surface area (Å²) in [5.74, 6) is 1.47. The van der Waals surface area contributed by atoms with E-state index < -0.39 is 0 Å². The van der Waals surface area contributed by atoms with Crippen molar-refractivity contribution >= 4 is 34.1 Å². The van der Waals surface area contributed by atoms with E-state index in [9.17, 15) is 9.59 Å². The van der Waals surface area contributed by atoms with Crippen molar-refractivity contribution in [2.24, 2.45) is 13.0 Å². The fraction of sp³-hybridized carbons (Fsp3) is 0.306. The number of hydrogen-bond acceptors (Lipinski definition) is 6. The number of Topliss-reactive ketones (excluding diaryl/α,β-unsaturated/α-hetero) is 1. The van der Waals surface area contributed by atoms with Gasteiger partial charge in [-0.15, -0.1) is 0 Å². The summed E-state index contributed by atoms with van der Waals surface area (Å²) >= 11 is 0. The molecule has 3 aromatic carbocycles. The van der Waals surface area contributed by atoms with E-state index in [0.29, 0.717) is 25.2 Å². The quantitative estimate of drug-likeness (QED) is 0.227. The summed E-state index contributed by atoms with van der Waals surface area (Å²) in [6.45, 7) is 10.2. The molecule has 0 aliphatic carbocycles. The molecule has 0 spiro atoms. The lowest BCUT2D eigenvalue weighted by Crippen LogP contribution is -2.36. The molecule has 1 N–H and O–H groups in total. The van der Waals surface area contributed by atoms with Gasteiger partial charge in [-0.2, -0.15) is 5.10 Å². The van der Waals surface area contributed by atoms with Crippen molar-refractivity contribution < 1.29 is 9.59 Å². The zero-order valence-electron chi connectivity index (χ0n) is 26.2. The second-order valence-corrected chi connectivity index (χ2v) is 12.1. The van der Waals surface area contributed by atoms with Gasteiger partial charge in [-0.25, -0.2) is 9.97 Å². The molecule has 1 aliphatic rings. The topological polar surface area (TPSA) is 93.0 Å². The molecule has 1 fully saturated rings. The second-order valence-electron chi connectivity index (χ2n) is 12.1. The zero-order chi connectivity index (χ0) is 31.1. The van der Waals surface area contributed by atoms with Gasteiger partial charge < -0.3 is 10.2 Å². The van der Waals surface area contributed by atoms with Gasteiger partial charge in [0.25, 0.3) is 0 Å². The van der Waals surface area contributed by atoms with E-state index in [4.69, 9.17) is 9.97 Å². The molecule has 1 amide bonds. The van der Waals surface area contributed by atoms with Gasteiger partial charge in [0, 0.05) is 42.2 Å². The summed E-state index contributed by atoms with van der Waals surface area (Å²) < 4.78 is 1.87. The maximum absolute atomic E-state index is 13.3. The zero-order valence-corrected chi connectivity index (χ0v) is 26.2. The van der Waals surface area contributed by atoms with Crippen LogP contribution in [0.25, 0.3) is 33.3 Å². The fourth-order valence-corrected chi connectivity index (χ4v) is 6.61. The summed E-state index contributed by atoms with van der Waals surface area (Å²) in [6.07, 6.45) is 2.83. The summed E-state index contributed by atoms with van der Waals surface area (Å²) in [7, 11) is 1.94. The molecule has 2 atom stereocenters. The minimum absolute atomic E-state index is 0.0176. The van der Waals surface area contributed by atoms with E-state index in [2.05, 4.69) is 59.5 Å². The molecule has 224 valence electrons. The number of benzene rings is 3. The van der Waals surface area contributed by atoms with Crippen LogP contribution in [0.4, 0.5) is 11.5 Å². The summed E-state index contributed by atoms with van der Waals surface area (Å²) in [5.41, 5.74) is 9.16. The third-order valence-electron chi connectivity index (χ3n) is 8.83. The first-order valence-electron chi connectivity index (χ1n) is 15.1. The Hall–Kier alpha value is -4.85. The first-order valence-corrected chi connectivity index (χ1v) is 15.1. The third-order valence-corrected chi connectivity index (χ3v) is 8.83. The number of nitrogens with one attached hydrogen (secondary N) is 1. The number of aromatic nitrogens is 4. The predicted molar refractivity (Wildman–Crippen MR) is 176 cm³/mol. The standard InChI is InChI=1S/C36H38N6O2/c1-21-10-7-8-11-29(21)35-23(3)36(39-25(5)38-35)42-20-26(17-33(42)24(4)43)18-34(44)40-27-14-15-28(22(2)16-27)30-12-9-13-32-31(30)19-37-41(32)6/h7-16,19,26,33H,17-18,20H2,1-6H3,(H,40,44)/t26-,33+/m1/s1. The van der Waals surface area contributed by atoms with Crippen LogP contribution >= 0.6 is 0 Å². The van der Waals surface area contributed by atoms with Crippen LogP contribution in [0, 0.1) is 33.6 Å². The number of aryl methyl sites for hydroxylation is 4. The number of amides is 1. The van der Waals surface area contributed by atoms with Gasteiger partial charge in [0.05, 0.1) is 23.4 Å². The molecule has 44 heavy (non-hydrogen) atoms. The Morgan fingerprint density at radius 3 is 2.43 bits per heavy atom. The van der Waals surface area contributed by atoms with E-state index >= 15 is 0 Å². The highest BCUT2D eigenvalue weighted by molar-refractivity contribution is 5.97. The lowest BCUT2D eigenvalue weighted by atomic mass is 9.97. The molecule has 0 bridgehead atoms. The predicted octanol–water partition coefficient (Wildman–Crippen LogP) is 6.74. The van der Waals surface area contributed by atoms with Crippen LogP contribution < -0.4 is 10.2 Å². The molecular weight excluding hydrogens is 548 g/mol. The number of carbonyl (C=O) groups is 2. The minimum atomic E-state index is -0.331. The molecule has 0 saturated carbocycles. The summed E-state index contributed by atoms with van der Waals surface area (Å²) in [5, 5.41) is 8.62. The fourth-order valence-electron chi connectivity index (χ4n) is 6.61. The van der Waals surface area contributed by atoms with Gasteiger partial charge in [-0.05, 0) is 87.4 Å². The highest BCUT2D eigenvalue weighted by Crippen LogP contribution is 2.37. The van der Waals surface area contributed by atoms with E-state index in [-0.39, 0.29) is 23.7 Å². The average Bonchev–Trinajstić information content (AvgIpc) is 3.58. The van der Waals surface area contributed by atoms with Crippen LogP contribution in [-0.4, -0.2) is 44.0 Å². The van der Waals surface area contributed by atoms with Crippen molar-refractivity contribution in [3.05, 3.63) is 89.4 Å². The Morgan fingerprint density at radius 1 is 0.909 bits per heavy atom. The summed E-state index contributed by atoms with van der Waals surface area (Å²) in [6, 6.07) is 20.1. The van der Waals surface area contributed by atoms with Crippen molar-refractivity contribution in [2.45, 2.75) is 53.5 Å². The molecule has 6 rings (SSSR count). The van der Waals surface area contributed by atoms with Gasteiger partial charge in [0.1, 0.15) is 11.6 Å². The molecule has 1 aliphatic heterocycles. The molecule has 8 heteroatoms. The highest BCUT2D eigenvalue weighted by Gasteiger charge is 2.38. The van der Waals surface area contributed by atoms with Gasteiger partial charge >= 0.3 is 0 Å². The average molecular weight is 587 g/mol. The summed E-state index contributed by atoms with van der Waals surface area (Å²) in [4.78, 5) is 37.8. The van der Waals surface area contributed by atoms with Gasteiger partial charge in [0.15, 0.2) is 5.78 Å².